The predicted molar refractivity (Wildman–Crippen MR) is 125 cm³/mol. The molecule has 0 spiro atoms. The number of hydrogen-bond donors (Lipinski definition) is 2. The number of carbonyl (C=O) groups is 1. The van der Waals surface area contributed by atoms with Gasteiger partial charge in [-0.1, -0.05) is 54.5 Å². The van der Waals surface area contributed by atoms with Gasteiger partial charge in [-0.3, -0.25) is 4.79 Å². The molecular formula is C21H42N2O3S2. The van der Waals surface area contributed by atoms with E-state index < -0.39 is 0 Å². The van der Waals surface area contributed by atoms with Crippen LogP contribution in [0.5, 0.6) is 0 Å². The van der Waals surface area contributed by atoms with E-state index >= 15 is 0 Å². The van der Waals surface area contributed by atoms with Crippen molar-refractivity contribution >= 4 is 27.4 Å². The molecule has 0 heterocycles. The Morgan fingerprint density at radius 2 is 1.89 bits per heavy atom. The number of hydrogen-bond acceptors (Lipinski definition) is 7. The molecule has 7 heteroatoms. The fourth-order valence-electron chi connectivity index (χ4n) is 2.14. The Morgan fingerprint density at radius 3 is 2.64 bits per heavy atom. The van der Waals surface area contributed by atoms with Gasteiger partial charge in [0.25, 0.3) is 0 Å². The standard InChI is InChI=1S/C21H42N2O3S2/c1-5-20(4)23-12-16-27-28-18-26-13-7-6-10-21(24)17-22-11-15-25-14-8-9-19(2)3/h8-9,19-20,22-23H,5-7,10-18H2,1-4H3/b9-8+. The molecule has 5 nitrogen and oxygen atoms in total. The second-order valence-corrected chi connectivity index (χ2v) is 9.68. The van der Waals surface area contributed by atoms with E-state index in [1.807, 2.05) is 16.9 Å². The molecule has 0 aromatic carbocycles. The molecule has 1 atom stereocenters. The fourth-order valence-corrected chi connectivity index (χ4v) is 3.73. The summed E-state index contributed by atoms with van der Waals surface area (Å²) < 4.78 is 11.1. The highest BCUT2D eigenvalue weighted by molar-refractivity contribution is 8.76. The summed E-state index contributed by atoms with van der Waals surface area (Å²) in [5, 5.41) is 6.61. The maximum absolute atomic E-state index is 11.8. The quantitative estimate of drug-likeness (QED) is 0.121. The van der Waals surface area contributed by atoms with Crippen molar-refractivity contribution in [3.05, 3.63) is 12.2 Å². The molecular weight excluding hydrogens is 392 g/mol. The highest BCUT2D eigenvalue weighted by Gasteiger charge is 2.01. The first-order valence-electron chi connectivity index (χ1n) is 10.6. The molecule has 0 fully saturated rings. The van der Waals surface area contributed by atoms with Crippen LogP contribution >= 0.6 is 21.6 Å². The predicted octanol–water partition coefficient (Wildman–Crippen LogP) is 4.29. The molecule has 0 saturated heterocycles. The SMILES string of the molecule is CCC(C)NCCSSCOCCCCC(=O)CNCCOC/C=C/C(C)C. The summed E-state index contributed by atoms with van der Waals surface area (Å²) in [5.74, 6) is 2.64. The van der Waals surface area contributed by atoms with Gasteiger partial charge >= 0.3 is 0 Å². The van der Waals surface area contributed by atoms with Gasteiger partial charge in [0.1, 0.15) is 11.7 Å². The van der Waals surface area contributed by atoms with Crippen molar-refractivity contribution in [1.29, 1.82) is 0 Å². The Hall–Kier alpha value is -0.0500. The maximum Gasteiger partial charge on any atom is 0.146 e. The maximum atomic E-state index is 11.8. The van der Waals surface area contributed by atoms with E-state index in [0.717, 1.165) is 37.7 Å². The van der Waals surface area contributed by atoms with Crippen molar-refractivity contribution in [3.63, 3.8) is 0 Å². The second kappa shape index (κ2) is 21.7. The van der Waals surface area contributed by atoms with Gasteiger partial charge in [0.15, 0.2) is 0 Å². The summed E-state index contributed by atoms with van der Waals surface area (Å²) >= 11 is 0. The minimum atomic E-state index is 0.262. The molecule has 0 radical (unpaired) electrons. The lowest BCUT2D eigenvalue weighted by Crippen LogP contribution is -2.27. The van der Waals surface area contributed by atoms with Crippen LogP contribution in [0.2, 0.25) is 0 Å². The van der Waals surface area contributed by atoms with E-state index in [1.54, 1.807) is 10.8 Å². The van der Waals surface area contributed by atoms with Gasteiger partial charge in [0, 0.05) is 37.9 Å². The second-order valence-electron chi connectivity index (χ2n) is 7.15. The van der Waals surface area contributed by atoms with Crippen LogP contribution in [0, 0.1) is 5.92 Å². The van der Waals surface area contributed by atoms with Crippen LogP contribution < -0.4 is 10.6 Å². The van der Waals surface area contributed by atoms with Crippen molar-refractivity contribution in [2.75, 3.05) is 51.1 Å². The zero-order chi connectivity index (χ0) is 20.9. The third kappa shape index (κ3) is 22.2. The third-order valence-electron chi connectivity index (χ3n) is 3.98. The summed E-state index contributed by atoms with van der Waals surface area (Å²) in [6, 6.07) is 0.602. The van der Waals surface area contributed by atoms with Crippen LogP contribution in [0.15, 0.2) is 12.2 Å². The van der Waals surface area contributed by atoms with Crippen molar-refractivity contribution in [2.24, 2.45) is 5.92 Å². The minimum Gasteiger partial charge on any atom is -0.376 e. The van der Waals surface area contributed by atoms with Gasteiger partial charge < -0.3 is 20.1 Å². The van der Waals surface area contributed by atoms with Crippen molar-refractivity contribution in [1.82, 2.24) is 10.6 Å². The van der Waals surface area contributed by atoms with Crippen molar-refractivity contribution < 1.29 is 14.3 Å². The number of ketones is 1. The average Bonchev–Trinajstić information content (AvgIpc) is 2.67. The van der Waals surface area contributed by atoms with Crippen LogP contribution in [-0.2, 0) is 14.3 Å². The topological polar surface area (TPSA) is 59.6 Å². The molecule has 2 N–H and O–H groups in total. The molecule has 1 unspecified atom stereocenters. The first-order valence-corrected chi connectivity index (χ1v) is 13.1. The Labute approximate surface area is 180 Å². The highest BCUT2D eigenvalue weighted by atomic mass is 33.1. The first kappa shape index (κ1) is 27.9. The van der Waals surface area contributed by atoms with Crippen molar-refractivity contribution in [2.45, 2.75) is 59.4 Å². The molecule has 0 aliphatic rings. The molecule has 0 rings (SSSR count). The largest absolute Gasteiger partial charge is 0.376 e. The summed E-state index contributed by atoms with van der Waals surface area (Å²) in [7, 11) is 3.61. The van der Waals surface area contributed by atoms with E-state index in [1.165, 1.54) is 6.42 Å². The highest BCUT2D eigenvalue weighted by Crippen LogP contribution is 2.20. The number of unbranched alkanes of at least 4 members (excludes halogenated alkanes) is 1. The van der Waals surface area contributed by atoms with E-state index in [4.69, 9.17) is 9.47 Å². The normalized spacial score (nSPS) is 12.9. The number of nitrogens with one attached hydrogen (secondary N) is 2. The molecule has 0 aromatic rings. The smallest absolute Gasteiger partial charge is 0.146 e. The number of allylic oxidation sites excluding steroid dienone is 1. The lowest BCUT2D eigenvalue weighted by molar-refractivity contribution is -0.118. The summed E-state index contributed by atoms with van der Waals surface area (Å²) in [5.41, 5.74) is 0. The lowest BCUT2D eigenvalue weighted by Gasteiger charge is -2.10. The Kier molecular flexibility index (Phi) is 21.6. The van der Waals surface area contributed by atoms with E-state index in [9.17, 15) is 4.79 Å². The number of Topliss-reactive ketones (excluding diaryl/α,β-unsaturated/α-hetero) is 1. The van der Waals surface area contributed by atoms with Gasteiger partial charge in [0.2, 0.25) is 0 Å². The van der Waals surface area contributed by atoms with Crippen LogP contribution in [0.1, 0.15) is 53.4 Å². The van der Waals surface area contributed by atoms with Crippen LogP contribution in [0.25, 0.3) is 0 Å². The molecule has 0 amide bonds. The van der Waals surface area contributed by atoms with E-state index in [-0.39, 0.29) is 5.78 Å². The molecule has 28 heavy (non-hydrogen) atoms. The van der Waals surface area contributed by atoms with Crippen LogP contribution in [-0.4, -0.2) is 63.0 Å². The first-order chi connectivity index (χ1) is 13.6. The molecule has 0 aromatic heterocycles. The zero-order valence-corrected chi connectivity index (χ0v) is 20.0. The molecule has 166 valence electrons. The van der Waals surface area contributed by atoms with E-state index in [0.29, 0.717) is 44.7 Å². The molecule has 0 aliphatic carbocycles. The Bertz CT molecular complexity index is 383. The van der Waals surface area contributed by atoms with Gasteiger partial charge in [-0.15, -0.1) is 0 Å². The summed E-state index contributed by atoms with van der Waals surface area (Å²) in [4.78, 5) is 11.8. The van der Waals surface area contributed by atoms with E-state index in [2.05, 4.69) is 44.4 Å². The minimum absolute atomic E-state index is 0.262. The summed E-state index contributed by atoms with van der Waals surface area (Å²) in [6.07, 6.45) is 7.80. The van der Waals surface area contributed by atoms with Crippen molar-refractivity contribution in [3.8, 4) is 0 Å². The third-order valence-corrected chi connectivity index (χ3v) is 6.07. The molecule has 0 saturated carbocycles. The Balaban J connectivity index is 3.23. The number of rotatable bonds is 21. The monoisotopic (exact) mass is 434 g/mol. The Morgan fingerprint density at radius 1 is 1.07 bits per heavy atom. The van der Waals surface area contributed by atoms with Gasteiger partial charge in [-0.2, -0.15) is 0 Å². The fraction of sp³-hybridized carbons (Fsp3) is 0.857. The van der Waals surface area contributed by atoms with Gasteiger partial charge in [-0.05, 0) is 32.1 Å². The lowest BCUT2D eigenvalue weighted by atomic mass is 10.2. The number of carbonyl (C=O) groups excluding carboxylic acids is 1. The summed E-state index contributed by atoms with van der Waals surface area (Å²) in [6.45, 7) is 12.9. The average molecular weight is 435 g/mol. The molecule has 0 bridgehead atoms. The zero-order valence-electron chi connectivity index (χ0n) is 18.3. The van der Waals surface area contributed by atoms with Gasteiger partial charge in [0.05, 0.1) is 19.8 Å². The van der Waals surface area contributed by atoms with Crippen LogP contribution in [0.3, 0.4) is 0 Å². The van der Waals surface area contributed by atoms with Crippen LogP contribution in [0.4, 0.5) is 0 Å². The number of ether oxygens (including phenoxy) is 2. The molecule has 0 aliphatic heterocycles. The van der Waals surface area contributed by atoms with Gasteiger partial charge in [-0.25, -0.2) is 0 Å².